The SMILES string of the molecule is Cc1cc(S(=O)(=O)Cl)ccc1-c1ccccc1O. The normalized spacial score (nSPS) is 11.4. The number of para-hydroxylation sites is 1. The van der Waals surface area contributed by atoms with Crippen LogP contribution in [-0.2, 0) is 9.05 Å². The molecule has 0 saturated heterocycles. The molecule has 0 aliphatic carbocycles. The molecule has 0 unspecified atom stereocenters. The molecule has 5 heteroatoms. The molecular weight excluding hydrogens is 272 g/mol. The minimum Gasteiger partial charge on any atom is -0.507 e. The van der Waals surface area contributed by atoms with Crippen LogP contribution in [-0.4, -0.2) is 13.5 Å². The number of benzene rings is 2. The number of hydrogen-bond donors (Lipinski definition) is 1. The Morgan fingerprint density at radius 3 is 2.28 bits per heavy atom. The summed E-state index contributed by atoms with van der Waals surface area (Å²) < 4.78 is 22.4. The van der Waals surface area contributed by atoms with Gasteiger partial charge >= 0.3 is 0 Å². The van der Waals surface area contributed by atoms with Gasteiger partial charge in [0.25, 0.3) is 9.05 Å². The zero-order valence-corrected chi connectivity index (χ0v) is 11.2. The second-order valence-electron chi connectivity index (χ2n) is 3.93. The van der Waals surface area contributed by atoms with Crippen LogP contribution in [0.1, 0.15) is 5.56 Å². The third kappa shape index (κ3) is 2.49. The quantitative estimate of drug-likeness (QED) is 0.860. The fourth-order valence-corrected chi connectivity index (χ4v) is 2.63. The third-order valence-electron chi connectivity index (χ3n) is 2.67. The summed E-state index contributed by atoms with van der Waals surface area (Å²) in [6.45, 7) is 1.77. The Bertz CT molecular complexity index is 693. The molecule has 0 spiro atoms. The Kier molecular flexibility index (Phi) is 3.32. The summed E-state index contributed by atoms with van der Waals surface area (Å²) in [6, 6.07) is 11.4. The van der Waals surface area contributed by atoms with Crippen molar-refractivity contribution in [3.05, 3.63) is 48.0 Å². The van der Waals surface area contributed by atoms with Gasteiger partial charge in [-0.15, -0.1) is 0 Å². The zero-order valence-electron chi connectivity index (χ0n) is 9.59. The molecule has 3 nitrogen and oxygen atoms in total. The number of phenolic OH excluding ortho intramolecular Hbond substituents is 1. The summed E-state index contributed by atoms with van der Waals surface area (Å²) >= 11 is 0. The molecule has 0 aliphatic rings. The Morgan fingerprint density at radius 1 is 1.06 bits per heavy atom. The van der Waals surface area contributed by atoms with E-state index in [-0.39, 0.29) is 10.6 Å². The average Bonchev–Trinajstić information content (AvgIpc) is 2.29. The molecule has 2 rings (SSSR count). The van der Waals surface area contributed by atoms with Gasteiger partial charge in [0.1, 0.15) is 5.75 Å². The molecule has 2 aromatic rings. The van der Waals surface area contributed by atoms with E-state index in [9.17, 15) is 13.5 Å². The van der Waals surface area contributed by atoms with E-state index in [1.807, 2.05) is 0 Å². The predicted octanol–water partition coefficient (Wildman–Crippen LogP) is 3.30. The highest BCUT2D eigenvalue weighted by Gasteiger charge is 2.13. The van der Waals surface area contributed by atoms with Crippen LogP contribution in [0.2, 0.25) is 0 Å². The molecule has 0 fully saturated rings. The Hall–Kier alpha value is -1.52. The molecule has 0 amide bonds. The second kappa shape index (κ2) is 4.63. The molecule has 0 radical (unpaired) electrons. The predicted molar refractivity (Wildman–Crippen MR) is 71.3 cm³/mol. The van der Waals surface area contributed by atoms with Gasteiger partial charge in [0, 0.05) is 16.2 Å². The number of rotatable bonds is 2. The lowest BCUT2D eigenvalue weighted by Gasteiger charge is -2.09. The van der Waals surface area contributed by atoms with E-state index in [0.717, 1.165) is 11.1 Å². The van der Waals surface area contributed by atoms with Gasteiger partial charge in [0.2, 0.25) is 0 Å². The van der Waals surface area contributed by atoms with Gasteiger partial charge in [-0.3, -0.25) is 0 Å². The minimum absolute atomic E-state index is 0.0563. The van der Waals surface area contributed by atoms with E-state index in [0.29, 0.717) is 5.56 Å². The van der Waals surface area contributed by atoms with Crippen molar-refractivity contribution in [3.8, 4) is 16.9 Å². The summed E-state index contributed by atoms with van der Waals surface area (Å²) in [5, 5.41) is 9.77. The van der Waals surface area contributed by atoms with Crippen LogP contribution in [0.5, 0.6) is 5.75 Å². The fraction of sp³-hybridized carbons (Fsp3) is 0.0769. The van der Waals surface area contributed by atoms with Gasteiger partial charge in [-0.25, -0.2) is 8.42 Å². The van der Waals surface area contributed by atoms with Crippen molar-refractivity contribution in [3.63, 3.8) is 0 Å². The van der Waals surface area contributed by atoms with Crippen LogP contribution in [0.4, 0.5) is 0 Å². The molecule has 0 saturated carbocycles. The second-order valence-corrected chi connectivity index (χ2v) is 6.50. The monoisotopic (exact) mass is 282 g/mol. The zero-order chi connectivity index (χ0) is 13.3. The topological polar surface area (TPSA) is 54.4 Å². The first-order valence-electron chi connectivity index (χ1n) is 5.23. The van der Waals surface area contributed by atoms with E-state index in [1.54, 1.807) is 37.3 Å². The number of aryl methyl sites for hydroxylation is 1. The standard InChI is InChI=1S/C13H11ClO3S/c1-9-8-10(18(14,16)17)6-7-11(9)12-4-2-3-5-13(12)15/h2-8,15H,1H3. The summed E-state index contributed by atoms with van der Waals surface area (Å²) in [5.41, 5.74) is 2.17. The Balaban J connectivity index is 2.59. The lowest BCUT2D eigenvalue weighted by atomic mass is 10.00. The number of halogens is 1. The maximum absolute atomic E-state index is 11.2. The molecule has 18 heavy (non-hydrogen) atoms. The van der Waals surface area contributed by atoms with Crippen LogP contribution >= 0.6 is 10.7 Å². The van der Waals surface area contributed by atoms with Crippen LogP contribution in [0, 0.1) is 6.92 Å². The van der Waals surface area contributed by atoms with Gasteiger partial charge in [-0.2, -0.15) is 0 Å². The fourth-order valence-electron chi connectivity index (χ4n) is 1.79. The van der Waals surface area contributed by atoms with E-state index in [1.165, 1.54) is 12.1 Å². The summed E-state index contributed by atoms with van der Waals surface area (Å²) in [6.07, 6.45) is 0. The largest absolute Gasteiger partial charge is 0.507 e. The van der Waals surface area contributed by atoms with E-state index in [2.05, 4.69) is 0 Å². The van der Waals surface area contributed by atoms with Gasteiger partial charge in [-0.1, -0.05) is 24.3 Å². The maximum atomic E-state index is 11.2. The van der Waals surface area contributed by atoms with Crippen LogP contribution in [0.25, 0.3) is 11.1 Å². The summed E-state index contributed by atoms with van der Waals surface area (Å²) in [7, 11) is 1.56. The molecule has 0 aromatic heterocycles. The van der Waals surface area contributed by atoms with Crippen molar-refractivity contribution < 1.29 is 13.5 Å². The van der Waals surface area contributed by atoms with Crippen LogP contribution in [0.3, 0.4) is 0 Å². The number of aromatic hydroxyl groups is 1. The maximum Gasteiger partial charge on any atom is 0.261 e. The smallest absolute Gasteiger partial charge is 0.261 e. The molecule has 0 atom stereocenters. The van der Waals surface area contributed by atoms with Crippen LogP contribution in [0.15, 0.2) is 47.4 Å². The summed E-state index contributed by atoms with van der Waals surface area (Å²) in [4.78, 5) is 0.0563. The lowest BCUT2D eigenvalue weighted by Crippen LogP contribution is -1.93. The highest BCUT2D eigenvalue weighted by atomic mass is 35.7. The van der Waals surface area contributed by atoms with Crippen molar-refractivity contribution in [2.24, 2.45) is 0 Å². The highest BCUT2D eigenvalue weighted by molar-refractivity contribution is 8.13. The summed E-state index contributed by atoms with van der Waals surface area (Å²) in [5.74, 6) is 0.155. The van der Waals surface area contributed by atoms with Crippen molar-refractivity contribution in [2.45, 2.75) is 11.8 Å². The van der Waals surface area contributed by atoms with Gasteiger partial charge in [-0.05, 0) is 36.2 Å². The number of hydrogen-bond acceptors (Lipinski definition) is 3. The van der Waals surface area contributed by atoms with Gasteiger partial charge in [0.15, 0.2) is 0 Å². The Labute approximate surface area is 110 Å². The first kappa shape index (κ1) is 12.9. The molecule has 0 heterocycles. The highest BCUT2D eigenvalue weighted by Crippen LogP contribution is 2.32. The van der Waals surface area contributed by atoms with Crippen molar-refractivity contribution in [1.29, 1.82) is 0 Å². The molecule has 2 aromatic carbocycles. The van der Waals surface area contributed by atoms with Crippen molar-refractivity contribution in [1.82, 2.24) is 0 Å². The van der Waals surface area contributed by atoms with Gasteiger partial charge in [0.05, 0.1) is 4.90 Å². The lowest BCUT2D eigenvalue weighted by molar-refractivity contribution is 0.477. The minimum atomic E-state index is -3.72. The van der Waals surface area contributed by atoms with Crippen molar-refractivity contribution >= 4 is 19.7 Å². The average molecular weight is 283 g/mol. The Morgan fingerprint density at radius 2 is 1.72 bits per heavy atom. The molecular formula is C13H11ClO3S. The number of phenols is 1. The first-order chi connectivity index (χ1) is 8.39. The van der Waals surface area contributed by atoms with E-state index >= 15 is 0 Å². The van der Waals surface area contributed by atoms with E-state index < -0.39 is 9.05 Å². The molecule has 0 bridgehead atoms. The van der Waals surface area contributed by atoms with Crippen molar-refractivity contribution in [2.75, 3.05) is 0 Å². The molecule has 1 N–H and O–H groups in total. The molecule has 0 aliphatic heterocycles. The van der Waals surface area contributed by atoms with Crippen LogP contribution < -0.4 is 0 Å². The van der Waals surface area contributed by atoms with E-state index in [4.69, 9.17) is 10.7 Å². The first-order valence-corrected chi connectivity index (χ1v) is 7.54. The molecule has 94 valence electrons. The third-order valence-corrected chi connectivity index (χ3v) is 4.03. The van der Waals surface area contributed by atoms with Gasteiger partial charge < -0.3 is 5.11 Å².